The van der Waals surface area contributed by atoms with E-state index in [1.807, 2.05) is 54.6 Å². The number of carbonyl (C=O) groups is 2. The Morgan fingerprint density at radius 3 is 2.20 bits per heavy atom. The Morgan fingerprint density at radius 1 is 0.900 bits per heavy atom. The molecule has 1 atom stereocenters. The van der Waals surface area contributed by atoms with Crippen LogP contribution in [0.1, 0.15) is 18.1 Å². The maximum Gasteiger partial charge on any atom is 0.313 e. The zero-order valence-corrected chi connectivity index (χ0v) is 17.5. The minimum Gasteiger partial charge on any atom is -0.384 e. The highest BCUT2D eigenvalue weighted by molar-refractivity contribution is 6.40. The van der Waals surface area contributed by atoms with E-state index < -0.39 is 17.4 Å². The summed E-state index contributed by atoms with van der Waals surface area (Å²) in [6.07, 6.45) is 0. The molecule has 0 spiro atoms. The third-order valence-corrected chi connectivity index (χ3v) is 5.34. The Bertz CT molecular complexity index is 1050. The van der Waals surface area contributed by atoms with Crippen molar-refractivity contribution in [1.82, 2.24) is 5.32 Å². The summed E-state index contributed by atoms with van der Waals surface area (Å²) >= 11 is 6.03. The molecule has 1 unspecified atom stereocenters. The van der Waals surface area contributed by atoms with E-state index in [4.69, 9.17) is 11.6 Å². The average molecular weight is 423 g/mol. The van der Waals surface area contributed by atoms with Crippen LogP contribution in [0.5, 0.6) is 0 Å². The van der Waals surface area contributed by atoms with Crippen LogP contribution in [0.15, 0.2) is 72.8 Å². The molecule has 3 aromatic carbocycles. The van der Waals surface area contributed by atoms with Gasteiger partial charge in [0, 0.05) is 10.7 Å². The fourth-order valence-corrected chi connectivity index (χ4v) is 3.18. The first-order valence-electron chi connectivity index (χ1n) is 9.50. The number of benzene rings is 3. The molecule has 0 saturated carbocycles. The van der Waals surface area contributed by atoms with Crippen molar-refractivity contribution in [2.45, 2.75) is 19.4 Å². The molecule has 0 radical (unpaired) electrons. The summed E-state index contributed by atoms with van der Waals surface area (Å²) in [4.78, 5) is 24.4. The van der Waals surface area contributed by atoms with Crippen LogP contribution >= 0.6 is 11.6 Å². The molecule has 0 saturated heterocycles. The molecule has 3 rings (SSSR count). The highest BCUT2D eigenvalue weighted by Crippen LogP contribution is 2.25. The van der Waals surface area contributed by atoms with Crippen LogP contribution in [0, 0.1) is 6.92 Å². The largest absolute Gasteiger partial charge is 0.384 e. The monoisotopic (exact) mass is 422 g/mol. The lowest BCUT2D eigenvalue weighted by Crippen LogP contribution is -2.43. The van der Waals surface area contributed by atoms with Gasteiger partial charge in [-0.15, -0.1) is 0 Å². The van der Waals surface area contributed by atoms with Gasteiger partial charge in [0.25, 0.3) is 0 Å². The Balaban J connectivity index is 1.61. The van der Waals surface area contributed by atoms with E-state index in [2.05, 4.69) is 10.6 Å². The highest BCUT2D eigenvalue weighted by atomic mass is 35.5. The fraction of sp³-hybridized carbons (Fsp3) is 0.167. The van der Waals surface area contributed by atoms with Crippen LogP contribution < -0.4 is 10.6 Å². The van der Waals surface area contributed by atoms with Gasteiger partial charge in [-0.05, 0) is 48.2 Å². The number of carbonyl (C=O) groups excluding carboxylic acids is 2. The van der Waals surface area contributed by atoms with Crippen molar-refractivity contribution in [2.75, 3.05) is 11.9 Å². The summed E-state index contributed by atoms with van der Waals surface area (Å²) in [5.41, 5.74) is 2.53. The maximum atomic E-state index is 12.2. The van der Waals surface area contributed by atoms with E-state index in [0.717, 1.165) is 11.1 Å². The number of hydrogen-bond acceptors (Lipinski definition) is 3. The van der Waals surface area contributed by atoms with E-state index in [1.54, 1.807) is 32.0 Å². The maximum absolute atomic E-state index is 12.2. The van der Waals surface area contributed by atoms with Crippen molar-refractivity contribution in [3.8, 4) is 11.1 Å². The molecular formula is C24H23ClN2O3. The SMILES string of the molecule is Cc1c(Cl)cccc1NC(=O)C(=O)NCC(C)(O)c1ccc(-c2ccccc2)cc1. The predicted octanol–water partition coefficient (Wildman–Crippen LogP) is 4.28. The predicted molar refractivity (Wildman–Crippen MR) is 119 cm³/mol. The molecule has 0 bridgehead atoms. The molecule has 154 valence electrons. The Morgan fingerprint density at radius 2 is 1.53 bits per heavy atom. The smallest absolute Gasteiger partial charge is 0.313 e. The lowest BCUT2D eigenvalue weighted by atomic mass is 9.93. The van der Waals surface area contributed by atoms with Gasteiger partial charge in [0.15, 0.2) is 0 Å². The summed E-state index contributed by atoms with van der Waals surface area (Å²) in [5.74, 6) is -1.66. The lowest BCUT2D eigenvalue weighted by molar-refractivity contribution is -0.136. The van der Waals surface area contributed by atoms with E-state index >= 15 is 0 Å². The minimum atomic E-state index is -1.34. The van der Waals surface area contributed by atoms with E-state index in [9.17, 15) is 14.7 Å². The fourth-order valence-electron chi connectivity index (χ4n) is 3.01. The second kappa shape index (κ2) is 9.11. The second-order valence-electron chi connectivity index (χ2n) is 7.27. The first kappa shape index (κ1) is 21.6. The van der Waals surface area contributed by atoms with E-state index in [0.29, 0.717) is 21.8 Å². The molecule has 0 aliphatic carbocycles. The molecule has 2 amide bonds. The zero-order chi connectivity index (χ0) is 21.7. The number of rotatable bonds is 5. The molecule has 0 aromatic heterocycles. The first-order chi connectivity index (χ1) is 14.3. The van der Waals surface area contributed by atoms with Crippen molar-refractivity contribution < 1.29 is 14.7 Å². The molecule has 30 heavy (non-hydrogen) atoms. The van der Waals surface area contributed by atoms with Crippen LogP contribution in [0.3, 0.4) is 0 Å². The summed E-state index contributed by atoms with van der Waals surface area (Å²) in [6.45, 7) is 3.22. The second-order valence-corrected chi connectivity index (χ2v) is 7.67. The molecule has 0 heterocycles. The Labute approximate surface area is 180 Å². The van der Waals surface area contributed by atoms with Crippen LogP contribution in [-0.2, 0) is 15.2 Å². The molecule has 6 heteroatoms. The van der Waals surface area contributed by atoms with Crippen LogP contribution in [0.4, 0.5) is 5.69 Å². The van der Waals surface area contributed by atoms with Crippen LogP contribution in [-0.4, -0.2) is 23.5 Å². The van der Waals surface area contributed by atoms with Gasteiger partial charge in [0.1, 0.15) is 5.60 Å². The number of anilines is 1. The molecular weight excluding hydrogens is 400 g/mol. The standard InChI is InChI=1S/C24H23ClN2O3/c1-16-20(25)9-6-10-21(16)27-23(29)22(28)26-15-24(2,30)19-13-11-18(12-14-19)17-7-4-3-5-8-17/h3-14,30H,15H2,1-2H3,(H,26,28)(H,27,29). The molecule has 5 nitrogen and oxygen atoms in total. The molecule has 0 aliphatic rings. The molecule has 3 N–H and O–H groups in total. The molecule has 0 fully saturated rings. The van der Waals surface area contributed by atoms with Gasteiger partial charge >= 0.3 is 11.8 Å². The van der Waals surface area contributed by atoms with Crippen molar-refractivity contribution in [3.63, 3.8) is 0 Å². The van der Waals surface area contributed by atoms with E-state index in [1.165, 1.54) is 0 Å². The summed E-state index contributed by atoms with van der Waals surface area (Å²) < 4.78 is 0. The number of aliphatic hydroxyl groups is 1. The van der Waals surface area contributed by atoms with Gasteiger partial charge in [-0.1, -0.05) is 72.3 Å². The van der Waals surface area contributed by atoms with Crippen molar-refractivity contribution in [1.29, 1.82) is 0 Å². The number of halogens is 1. The van der Waals surface area contributed by atoms with Gasteiger partial charge in [-0.25, -0.2) is 0 Å². The number of amides is 2. The first-order valence-corrected chi connectivity index (χ1v) is 9.88. The van der Waals surface area contributed by atoms with Gasteiger partial charge < -0.3 is 15.7 Å². The Hall–Kier alpha value is -3.15. The van der Waals surface area contributed by atoms with E-state index in [-0.39, 0.29) is 6.54 Å². The van der Waals surface area contributed by atoms with Crippen molar-refractivity contribution >= 4 is 29.1 Å². The van der Waals surface area contributed by atoms with Gasteiger partial charge in [-0.3, -0.25) is 9.59 Å². The van der Waals surface area contributed by atoms with Crippen LogP contribution in [0.25, 0.3) is 11.1 Å². The number of nitrogens with one attached hydrogen (secondary N) is 2. The van der Waals surface area contributed by atoms with Crippen molar-refractivity contribution in [3.05, 3.63) is 88.9 Å². The highest BCUT2D eigenvalue weighted by Gasteiger charge is 2.25. The third kappa shape index (κ3) is 5.06. The Kier molecular flexibility index (Phi) is 6.55. The summed E-state index contributed by atoms with van der Waals surface area (Å²) in [6, 6.07) is 22.4. The van der Waals surface area contributed by atoms with Crippen LogP contribution in [0.2, 0.25) is 5.02 Å². The molecule has 0 aliphatic heterocycles. The van der Waals surface area contributed by atoms with Crippen molar-refractivity contribution in [2.24, 2.45) is 0 Å². The lowest BCUT2D eigenvalue weighted by Gasteiger charge is -2.24. The third-order valence-electron chi connectivity index (χ3n) is 4.93. The summed E-state index contributed by atoms with van der Waals surface area (Å²) in [5, 5.41) is 16.3. The quantitative estimate of drug-likeness (QED) is 0.537. The zero-order valence-electron chi connectivity index (χ0n) is 16.8. The summed E-state index contributed by atoms with van der Waals surface area (Å²) in [7, 11) is 0. The van der Waals surface area contributed by atoms with Gasteiger partial charge in [0.2, 0.25) is 0 Å². The number of hydrogen-bond donors (Lipinski definition) is 3. The van der Waals surface area contributed by atoms with Gasteiger partial charge in [0.05, 0.1) is 6.54 Å². The minimum absolute atomic E-state index is 0.113. The average Bonchev–Trinajstić information content (AvgIpc) is 2.76. The normalized spacial score (nSPS) is 12.7. The molecule has 3 aromatic rings. The van der Waals surface area contributed by atoms with Gasteiger partial charge in [-0.2, -0.15) is 0 Å². The topological polar surface area (TPSA) is 78.4 Å².